The van der Waals surface area contributed by atoms with Crippen LogP contribution in [-0.4, -0.2) is 39.9 Å². The van der Waals surface area contributed by atoms with Crippen LogP contribution in [0.5, 0.6) is 0 Å². The maximum absolute atomic E-state index is 13.4. The van der Waals surface area contributed by atoms with Gasteiger partial charge in [-0.15, -0.1) is 24.0 Å². The van der Waals surface area contributed by atoms with Gasteiger partial charge in [0, 0.05) is 20.1 Å². The zero-order valence-electron chi connectivity index (χ0n) is 16.9. The maximum atomic E-state index is 13.4. The third-order valence-corrected chi connectivity index (χ3v) is 5.44. The lowest BCUT2D eigenvalue weighted by Gasteiger charge is -2.22. The number of sulfonamides is 1. The van der Waals surface area contributed by atoms with Crippen LogP contribution in [0.4, 0.5) is 4.39 Å². The van der Waals surface area contributed by atoms with Crippen molar-refractivity contribution in [2.45, 2.75) is 25.8 Å². The average molecular weight is 534 g/mol. The smallest absolute Gasteiger partial charge is 0.215 e. The molecule has 29 heavy (non-hydrogen) atoms. The second kappa shape index (κ2) is 12.1. The van der Waals surface area contributed by atoms with Gasteiger partial charge >= 0.3 is 0 Å². The minimum Gasteiger partial charge on any atom is -0.357 e. The standard InChI is InChI=1S/C20H27FN4O2S.HI/c1-4-23-20(25(3)14-18-6-5-7-19(21)12-18)24-13-16-8-10-17(11-9-16)15-28(26,27)22-2;/h5-12,22H,4,13-15H2,1-3H3,(H,23,24);1H. The molecule has 0 unspecified atom stereocenters. The number of rotatable bonds is 8. The van der Waals surface area contributed by atoms with Crippen molar-refractivity contribution < 1.29 is 12.8 Å². The second-order valence-electron chi connectivity index (χ2n) is 6.44. The summed E-state index contributed by atoms with van der Waals surface area (Å²) in [7, 11) is 0.0212. The van der Waals surface area contributed by atoms with Crippen LogP contribution in [-0.2, 0) is 28.9 Å². The molecule has 0 aliphatic rings. The molecule has 0 spiro atoms. The van der Waals surface area contributed by atoms with Crippen LogP contribution in [0.2, 0.25) is 0 Å². The van der Waals surface area contributed by atoms with E-state index in [-0.39, 0.29) is 35.5 Å². The summed E-state index contributed by atoms with van der Waals surface area (Å²) in [5.74, 6) is 0.410. The van der Waals surface area contributed by atoms with Crippen LogP contribution in [0.1, 0.15) is 23.6 Å². The SMILES string of the molecule is CCNC(=NCc1ccc(CS(=O)(=O)NC)cc1)N(C)Cc1cccc(F)c1.I. The minimum absolute atomic E-state index is 0. The second-order valence-corrected chi connectivity index (χ2v) is 8.36. The fourth-order valence-electron chi connectivity index (χ4n) is 2.65. The van der Waals surface area contributed by atoms with Gasteiger partial charge in [-0.1, -0.05) is 36.4 Å². The highest BCUT2D eigenvalue weighted by Crippen LogP contribution is 2.10. The molecule has 0 saturated carbocycles. The number of hydrogen-bond donors (Lipinski definition) is 2. The Morgan fingerprint density at radius 2 is 1.76 bits per heavy atom. The lowest BCUT2D eigenvalue weighted by Crippen LogP contribution is -2.38. The first-order chi connectivity index (χ1) is 13.3. The van der Waals surface area contributed by atoms with E-state index in [9.17, 15) is 12.8 Å². The number of guanidine groups is 1. The van der Waals surface area contributed by atoms with Crippen LogP contribution in [0, 0.1) is 5.82 Å². The van der Waals surface area contributed by atoms with Crippen LogP contribution in [0.25, 0.3) is 0 Å². The van der Waals surface area contributed by atoms with Crippen molar-refractivity contribution in [2.75, 3.05) is 20.6 Å². The molecule has 0 amide bonds. The van der Waals surface area contributed by atoms with E-state index in [0.29, 0.717) is 25.6 Å². The lowest BCUT2D eigenvalue weighted by atomic mass is 10.1. The number of hydrogen-bond acceptors (Lipinski definition) is 3. The van der Waals surface area contributed by atoms with Gasteiger partial charge in [0.2, 0.25) is 10.0 Å². The fourth-order valence-corrected chi connectivity index (χ4v) is 3.43. The number of halogens is 2. The minimum atomic E-state index is -3.28. The summed E-state index contributed by atoms with van der Waals surface area (Å²) in [6.45, 7) is 3.69. The van der Waals surface area contributed by atoms with Gasteiger partial charge < -0.3 is 10.2 Å². The van der Waals surface area contributed by atoms with E-state index in [1.807, 2.05) is 37.1 Å². The molecule has 0 atom stereocenters. The zero-order valence-corrected chi connectivity index (χ0v) is 20.0. The van der Waals surface area contributed by atoms with E-state index in [0.717, 1.165) is 16.7 Å². The molecule has 0 aliphatic heterocycles. The first-order valence-corrected chi connectivity index (χ1v) is 10.7. The quantitative estimate of drug-likeness (QED) is 0.310. The molecule has 2 aromatic rings. The highest BCUT2D eigenvalue weighted by molar-refractivity contribution is 14.0. The molecule has 160 valence electrons. The highest BCUT2D eigenvalue weighted by atomic mass is 127. The van der Waals surface area contributed by atoms with Gasteiger partial charge in [0.1, 0.15) is 5.82 Å². The van der Waals surface area contributed by atoms with Gasteiger partial charge in [-0.2, -0.15) is 0 Å². The van der Waals surface area contributed by atoms with E-state index < -0.39 is 10.0 Å². The normalized spacial score (nSPS) is 11.7. The van der Waals surface area contributed by atoms with E-state index in [1.54, 1.807) is 18.2 Å². The van der Waals surface area contributed by atoms with Crippen molar-refractivity contribution in [1.82, 2.24) is 14.9 Å². The molecule has 2 rings (SSSR count). The summed E-state index contributed by atoms with van der Waals surface area (Å²) >= 11 is 0. The number of benzene rings is 2. The molecule has 0 radical (unpaired) electrons. The van der Waals surface area contributed by atoms with Crippen LogP contribution < -0.4 is 10.0 Å². The van der Waals surface area contributed by atoms with Crippen molar-refractivity contribution in [3.63, 3.8) is 0 Å². The number of aliphatic imine (C=N–C) groups is 1. The Balaban J connectivity index is 0.00000420. The van der Waals surface area contributed by atoms with Gasteiger partial charge in [0.05, 0.1) is 12.3 Å². The number of nitrogens with zero attached hydrogens (tertiary/aromatic N) is 2. The summed E-state index contributed by atoms with van der Waals surface area (Å²) in [6.07, 6.45) is 0. The summed E-state index contributed by atoms with van der Waals surface area (Å²) < 4.78 is 38.9. The van der Waals surface area contributed by atoms with E-state index >= 15 is 0 Å². The Hall–Kier alpha value is -1.72. The molecule has 6 nitrogen and oxygen atoms in total. The molecule has 0 bridgehead atoms. The van der Waals surface area contributed by atoms with Crippen LogP contribution in [0.3, 0.4) is 0 Å². The van der Waals surface area contributed by atoms with Gasteiger partial charge in [0.15, 0.2) is 5.96 Å². The third kappa shape index (κ3) is 8.67. The predicted molar refractivity (Wildman–Crippen MR) is 126 cm³/mol. The molecule has 0 aliphatic carbocycles. The highest BCUT2D eigenvalue weighted by Gasteiger charge is 2.09. The molecular formula is C20H28FIN4O2S. The molecule has 2 N–H and O–H groups in total. The summed E-state index contributed by atoms with van der Waals surface area (Å²) in [6, 6.07) is 13.8. The summed E-state index contributed by atoms with van der Waals surface area (Å²) in [5.41, 5.74) is 2.56. The van der Waals surface area contributed by atoms with Crippen molar-refractivity contribution >= 4 is 40.0 Å². The molecule has 9 heteroatoms. The van der Waals surface area contributed by atoms with Gasteiger partial charge in [-0.3, -0.25) is 0 Å². The molecule has 0 fully saturated rings. The Kier molecular flexibility index (Phi) is 10.5. The molecule has 0 heterocycles. The van der Waals surface area contributed by atoms with E-state index in [2.05, 4.69) is 15.0 Å². The maximum Gasteiger partial charge on any atom is 0.215 e. The summed E-state index contributed by atoms with van der Waals surface area (Å²) in [5, 5.41) is 3.23. The molecule has 2 aromatic carbocycles. The van der Waals surface area contributed by atoms with Gasteiger partial charge in [-0.05, 0) is 42.8 Å². The Morgan fingerprint density at radius 1 is 1.10 bits per heavy atom. The first kappa shape index (κ1) is 25.3. The zero-order chi connectivity index (χ0) is 20.6. The van der Waals surface area contributed by atoms with Crippen molar-refractivity contribution in [3.8, 4) is 0 Å². The third-order valence-electron chi connectivity index (χ3n) is 4.11. The van der Waals surface area contributed by atoms with Crippen molar-refractivity contribution in [1.29, 1.82) is 0 Å². The Morgan fingerprint density at radius 3 is 2.34 bits per heavy atom. The monoisotopic (exact) mass is 534 g/mol. The topological polar surface area (TPSA) is 73.8 Å². The predicted octanol–water partition coefficient (Wildman–Crippen LogP) is 3.09. The van der Waals surface area contributed by atoms with Crippen LogP contribution in [0.15, 0.2) is 53.5 Å². The lowest BCUT2D eigenvalue weighted by molar-refractivity contribution is 0.475. The van der Waals surface area contributed by atoms with E-state index in [1.165, 1.54) is 19.2 Å². The van der Waals surface area contributed by atoms with Crippen molar-refractivity contribution in [3.05, 3.63) is 71.0 Å². The summed E-state index contributed by atoms with van der Waals surface area (Å²) in [4.78, 5) is 6.57. The van der Waals surface area contributed by atoms with Crippen molar-refractivity contribution in [2.24, 2.45) is 4.99 Å². The first-order valence-electron chi connectivity index (χ1n) is 9.06. The Labute approximate surface area is 189 Å². The Bertz CT molecular complexity index is 905. The molecule has 0 aromatic heterocycles. The largest absolute Gasteiger partial charge is 0.357 e. The average Bonchev–Trinajstić information content (AvgIpc) is 2.66. The van der Waals surface area contributed by atoms with Gasteiger partial charge in [0.25, 0.3) is 0 Å². The van der Waals surface area contributed by atoms with Gasteiger partial charge in [-0.25, -0.2) is 22.5 Å². The fraction of sp³-hybridized carbons (Fsp3) is 0.350. The number of nitrogens with one attached hydrogen (secondary N) is 2. The van der Waals surface area contributed by atoms with E-state index in [4.69, 9.17) is 0 Å². The molecular weight excluding hydrogens is 506 g/mol. The van der Waals surface area contributed by atoms with Crippen LogP contribution >= 0.6 is 24.0 Å². The molecule has 0 saturated heterocycles.